The van der Waals surface area contributed by atoms with Gasteiger partial charge in [0.05, 0.1) is 17.4 Å². The van der Waals surface area contributed by atoms with Crippen molar-refractivity contribution in [1.29, 1.82) is 0 Å². The van der Waals surface area contributed by atoms with Crippen LogP contribution in [-0.2, 0) is 12.3 Å². The second kappa shape index (κ2) is 10.4. The summed E-state index contributed by atoms with van der Waals surface area (Å²) in [6, 6.07) is 20.8. The molecule has 4 aromatic rings. The highest BCUT2D eigenvalue weighted by atomic mass is 32.2. The van der Waals surface area contributed by atoms with Crippen molar-refractivity contribution in [3.05, 3.63) is 98.5 Å². The molecule has 178 valence electrons. The Labute approximate surface area is 211 Å². The molecule has 0 atom stereocenters. The van der Waals surface area contributed by atoms with E-state index < -0.39 is 0 Å². The Morgan fingerprint density at radius 3 is 2.71 bits per heavy atom. The Hall–Kier alpha value is -3.56. The highest BCUT2D eigenvalue weighted by molar-refractivity contribution is 7.98. The number of aromatic nitrogens is 2. The Morgan fingerprint density at radius 1 is 1.03 bits per heavy atom. The van der Waals surface area contributed by atoms with E-state index in [1.165, 1.54) is 10.1 Å². The molecule has 0 aliphatic carbocycles. The van der Waals surface area contributed by atoms with Crippen molar-refractivity contribution < 1.29 is 14.3 Å². The van der Waals surface area contributed by atoms with Gasteiger partial charge in [0.2, 0.25) is 6.79 Å². The molecule has 2 N–H and O–H groups in total. The Bertz CT molecular complexity index is 1500. The molecule has 5 rings (SSSR count). The maximum Gasteiger partial charge on any atom is 0.262 e. The molecule has 0 unspecified atom stereocenters. The SMILES string of the molecule is O=C(NCCSCc1ccccc1)c1ccc2c(=O)n(Cc3ccc4c(c3)OCO4)c(=S)[nH]c2c1. The largest absolute Gasteiger partial charge is 0.454 e. The number of ether oxygens (including phenoxy) is 2. The average Bonchev–Trinajstić information content (AvgIpc) is 3.34. The van der Waals surface area contributed by atoms with Crippen LogP contribution in [0, 0.1) is 4.77 Å². The summed E-state index contributed by atoms with van der Waals surface area (Å²) in [7, 11) is 0. The van der Waals surface area contributed by atoms with Crippen molar-refractivity contribution in [2.24, 2.45) is 0 Å². The van der Waals surface area contributed by atoms with Crippen LogP contribution in [0.5, 0.6) is 11.5 Å². The quantitative estimate of drug-likeness (QED) is 0.271. The normalized spacial score (nSPS) is 12.1. The van der Waals surface area contributed by atoms with E-state index >= 15 is 0 Å². The van der Waals surface area contributed by atoms with Crippen LogP contribution in [0.1, 0.15) is 21.5 Å². The average molecular weight is 506 g/mol. The summed E-state index contributed by atoms with van der Waals surface area (Å²) in [6.07, 6.45) is 0. The number of aromatic amines is 1. The highest BCUT2D eigenvalue weighted by Gasteiger charge is 2.15. The number of hydrogen-bond acceptors (Lipinski definition) is 6. The Balaban J connectivity index is 1.25. The first-order valence-corrected chi connectivity index (χ1v) is 12.7. The molecule has 0 fully saturated rings. The van der Waals surface area contributed by atoms with E-state index in [1.54, 1.807) is 30.0 Å². The zero-order chi connectivity index (χ0) is 24.2. The fraction of sp³-hybridized carbons (Fsp3) is 0.192. The van der Waals surface area contributed by atoms with Crippen LogP contribution >= 0.6 is 24.0 Å². The van der Waals surface area contributed by atoms with E-state index in [4.69, 9.17) is 21.7 Å². The van der Waals surface area contributed by atoms with Gasteiger partial charge in [-0.25, -0.2) is 0 Å². The molecule has 0 spiro atoms. The maximum atomic E-state index is 13.1. The minimum atomic E-state index is -0.217. The second-order valence-corrected chi connectivity index (χ2v) is 9.56. The molecule has 0 saturated carbocycles. The number of carbonyl (C=O) groups is 1. The lowest BCUT2D eigenvalue weighted by Crippen LogP contribution is -2.26. The monoisotopic (exact) mass is 505 g/mol. The van der Waals surface area contributed by atoms with E-state index in [9.17, 15) is 9.59 Å². The number of fused-ring (bicyclic) bond motifs is 2. The molecule has 9 heteroatoms. The van der Waals surface area contributed by atoms with Crippen molar-refractivity contribution in [1.82, 2.24) is 14.9 Å². The number of rotatable bonds is 8. The van der Waals surface area contributed by atoms with Gasteiger partial charge in [-0.1, -0.05) is 36.4 Å². The number of carbonyl (C=O) groups excluding carboxylic acids is 1. The fourth-order valence-corrected chi connectivity index (χ4v) is 4.94. The number of hydrogen-bond donors (Lipinski definition) is 2. The van der Waals surface area contributed by atoms with Crippen LogP contribution < -0.4 is 20.3 Å². The number of amides is 1. The summed E-state index contributed by atoms with van der Waals surface area (Å²) in [5, 5.41) is 3.41. The minimum Gasteiger partial charge on any atom is -0.454 e. The van der Waals surface area contributed by atoms with E-state index in [2.05, 4.69) is 22.4 Å². The molecule has 35 heavy (non-hydrogen) atoms. The van der Waals surface area contributed by atoms with Crippen LogP contribution in [0.2, 0.25) is 0 Å². The molecule has 7 nitrogen and oxygen atoms in total. The highest BCUT2D eigenvalue weighted by Crippen LogP contribution is 2.32. The van der Waals surface area contributed by atoms with Crippen molar-refractivity contribution in [2.45, 2.75) is 12.3 Å². The van der Waals surface area contributed by atoms with E-state index in [0.29, 0.717) is 41.1 Å². The van der Waals surface area contributed by atoms with Gasteiger partial charge in [0, 0.05) is 23.6 Å². The van der Waals surface area contributed by atoms with Gasteiger partial charge < -0.3 is 19.8 Å². The molecular formula is C26H23N3O4S2. The summed E-state index contributed by atoms with van der Waals surface area (Å²) < 4.78 is 12.6. The second-order valence-electron chi connectivity index (χ2n) is 8.06. The molecular weight excluding hydrogens is 482 g/mol. The molecule has 0 radical (unpaired) electrons. The number of nitrogens with zero attached hydrogens (tertiary/aromatic N) is 1. The summed E-state index contributed by atoms with van der Waals surface area (Å²) in [5.41, 5.74) is 2.93. The third-order valence-corrected chi connectivity index (χ3v) is 7.02. The first-order chi connectivity index (χ1) is 17.1. The summed E-state index contributed by atoms with van der Waals surface area (Å²) in [6.45, 7) is 1.04. The lowest BCUT2D eigenvalue weighted by atomic mass is 10.1. The summed E-state index contributed by atoms with van der Waals surface area (Å²) in [5.74, 6) is 2.87. The number of thioether (sulfide) groups is 1. The molecule has 1 aliphatic rings. The topological polar surface area (TPSA) is 85.3 Å². The van der Waals surface area contributed by atoms with Crippen LogP contribution in [0.25, 0.3) is 10.9 Å². The van der Waals surface area contributed by atoms with Crippen molar-refractivity contribution >= 4 is 40.8 Å². The van der Waals surface area contributed by atoms with Crippen LogP contribution in [0.15, 0.2) is 71.5 Å². The van der Waals surface area contributed by atoms with Gasteiger partial charge >= 0.3 is 0 Å². The standard InChI is InChI=1S/C26H23N3O4S2/c30-24(27-10-11-35-15-17-4-2-1-3-5-17)19-7-8-20-21(13-19)28-26(34)29(25(20)31)14-18-6-9-22-23(12-18)33-16-32-22/h1-9,12-13H,10-11,14-16H2,(H,27,30)(H,28,34). The number of H-pyrrole nitrogens is 1. The van der Waals surface area contributed by atoms with E-state index in [1.807, 2.05) is 36.4 Å². The van der Waals surface area contributed by atoms with Gasteiger partial charge in [-0.05, 0) is 53.7 Å². The van der Waals surface area contributed by atoms with Gasteiger partial charge in [-0.2, -0.15) is 11.8 Å². The van der Waals surface area contributed by atoms with E-state index in [0.717, 1.165) is 17.1 Å². The van der Waals surface area contributed by atoms with Gasteiger partial charge in [0.15, 0.2) is 16.3 Å². The molecule has 2 heterocycles. The van der Waals surface area contributed by atoms with Gasteiger partial charge in [-0.15, -0.1) is 0 Å². The van der Waals surface area contributed by atoms with Gasteiger partial charge in [0.1, 0.15) is 0 Å². The summed E-state index contributed by atoms with van der Waals surface area (Å²) >= 11 is 7.23. The zero-order valence-corrected chi connectivity index (χ0v) is 20.4. The third-order valence-electron chi connectivity index (χ3n) is 5.67. The van der Waals surface area contributed by atoms with Crippen molar-refractivity contribution in [3.63, 3.8) is 0 Å². The van der Waals surface area contributed by atoms with E-state index in [-0.39, 0.29) is 23.0 Å². The molecule has 0 bridgehead atoms. The molecule has 3 aromatic carbocycles. The smallest absolute Gasteiger partial charge is 0.262 e. The minimum absolute atomic E-state index is 0.184. The predicted octanol–water partition coefficient (Wildman–Crippen LogP) is 4.50. The third kappa shape index (κ3) is 5.26. The molecule has 1 aromatic heterocycles. The zero-order valence-electron chi connectivity index (χ0n) is 18.8. The fourth-order valence-electron chi connectivity index (χ4n) is 3.86. The maximum absolute atomic E-state index is 13.1. The van der Waals surface area contributed by atoms with Crippen LogP contribution in [-0.4, -0.2) is 34.5 Å². The lowest BCUT2D eigenvalue weighted by Gasteiger charge is -2.10. The Kier molecular flexibility index (Phi) is 6.87. The number of nitrogens with one attached hydrogen (secondary N) is 2. The molecule has 1 amide bonds. The van der Waals surface area contributed by atoms with Crippen molar-refractivity contribution in [2.75, 3.05) is 19.1 Å². The first-order valence-electron chi connectivity index (χ1n) is 11.1. The lowest BCUT2D eigenvalue weighted by molar-refractivity contribution is 0.0956. The van der Waals surface area contributed by atoms with Gasteiger partial charge in [-0.3, -0.25) is 14.2 Å². The van der Waals surface area contributed by atoms with Gasteiger partial charge in [0.25, 0.3) is 11.5 Å². The van der Waals surface area contributed by atoms with Crippen molar-refractivity contribution in [3.8, 4) is 11.5 Å². The predicted molar refractivity (Wildman–Crippen MR) is 140 cm³/mol. The van der Waals surface area contributed by atoms with Crippen LogP contribution in [0.3, 0.4) is 0 Å². The number of benzene rings is 3. The first kappa shape index (κ1) is 23.2. The van der Waals surface area contributed by atoms with Crippen LogP contribution in [0.4, 0.5) is 0 Å². The molecule has 1 aliphatic heterocycles. The molecule has 0 saturated heterocycles. The summed E-state index contributed by atoms with van der Waals surface area (Å²) in [4.78, 5) is 28.9. The Morgan fingerprint density at radius 2 is 1.86 bits per heavy atom.